The lowest BCUT2D eigenvalue weighted by molar-refractivity contribution is -0.0639. The van der Waals surface area contributed by atoms with Gasteiger partial charge < -0.3 is 10.5 Å². The zero-order chi connectivity index (χ0) is 13.4. The summed E-state index contributed by atoms with van der Waals surface area (Å²) in [6.07, 6.45) is 0. The van der Waals surface area contributed by atoms with E-state index in [4.69, 9.17) is 10.5 Å². The summed E-state index contributed by atoms with van der Waals surface area (Å²) < 4.78 is 32.3. The van der Waals surface area contributed by atoms with Gasteiger partial charge in [0.2, 0.25) is 0 Å². The van der Waals surface area contributed by atoms with Crippen molar-refractivity contribution in [2.24, 2.45) is 5.73 Å². The molecule has 18 heavy (non-hydrogen) atoms. The lowest BCUT2D eigenvalue weighted by Crippen LogP contribution is -2.50. The van der Waals surface area contributed by atoms with Crippen molar-refractivity contribution < 1.29 is 13.2 Å². The molecule has 2 rings (SSSR count). The molecule has 0 radical (unpaired) electrons. The Morgan fingerprint density at radius 3 is 2.78 bits per heavy atom. The second-order valence-electron chi connectivity index (χ2n) is 4.87. The van der Waals surface area contributed by atoms with E-state index in [1.807, 2.05) is 13.8 Å². The van der Waals surface area contributed by atoms with Crippen LogP contribution in [0.25, 0.3) is 0 Å². The lowest BCUT2D eigenvalue weighted by Gasteiger charge is -2.37. The van der Waals surface area contributed by atoms with Crippen LogP contribution in [0.2, 0.25) is 0 Å². The van der Waals surface area contributed by atoms with Gasteiger partial charge >= 0.3 is 0 Å². The first kappa shape index (κ1) is 14.0. The van der Waals surface area contributed by atoms with E-state index in [1.165, 1.54) is 15.6 Å². The van der Waals surface area contributed by atoms with Gasteiger partial charge in [0, 0.05) is 24.5 Å². The van der Waals surface area contributed by atoms with Crippen LogP contribution < -0.4 is 5.73 Å². The maximum absolute atomic E-state index is 12.4. The lowest BCUT2D eigenvalue weighted by atomic mass is 10.1. The molecule has 0 aromatic carbocycles. The van der Waals surface area contributed by atoms with E-state index >= 15 is 0 Å². The number of ether oxygens (including phenoxy) is 1. The molecule has 5 nitrogen and oxygen atoms in total. The van der Waals surface area contributed by atoms with Crippen molar-refractivity contribution in [3.8, 4) is 0 Å². The average Bonchev–Trinajstić information content (AvgIpc) is 2.76. The summed E-state index contributed by atoms with van der Waals surface area (Å²) in [6.45, 7) is 5.38. The Morgan fingerprint density at radius 2 is 2.22 bits per heavy atom. The zero-order valence-electron chi connectivity index (χ0n) is 10.5. The van der Waals surface area contributed by atoms with E-state index in [0.29, 0.717) is 30.5 Å². The molecular weight excluding hydrogens is 272 g/mol. The minimum atomic E-state index is -3.41. The average molecular weight is 290 g/mol. The molecule has 1 aromatic rings. The van der Waals surface area contributed by atoms with Gasteiger partial charge in [-0.1, -0.05) is 0 Å². The van der Waals surface area contributed by atoms with E-state index in [0.717, 1.165) is 4.88 Å². The van der Waals surface area contributed by atoms with Crippen LogP contribution in [0.15, 0.2) is 16.3 Å². The fourth-order valence-corrected chi connectivity index (χ4v) is 4.87. The maximum atomic E-state index is 12.4. The van der Waals surface area contributed by atoms with Gasteiger partial charge in [0.1, 0.15) is 4.21 Å². The predicted octanol–water partition coefficient (Wildman–Crippen LogP) is 1.01. The van der Waals surface area contributed by atoms with Crippen LogP contribution in [0.5, 0.6) is 0 Å². The van der Waals surface area contributed by atoms with E-state index < -0.39 is 15.6 Å². The Hall–Kier alpha value is -0.470. The minimum Gasteiger partial charge on any atom is -0.373 e. The topological polar surface area (TPSA) is 72.6 Å². The van der Waals surface area contributed by atoms with Gasteiger partial charge in [-0.3, -0.25) is 0 Å². The van der Waals surface area contributed by atoms with Gasteiger partial charge in [0.25, 0.3) is 10.0 Å². The minimum absolute atomic E-state index is 0.362. The third kappa shape index (κ3) is 2.75. The molecule has 2 N–H and O–H groups in total. The molecule has 1 saturated heterocycles. The monoisotopic (exact) mass is 290 g/mol. The molecular formula is C11H18N2O3S2. The molecule has 1 aliphatic heterocycles. The Kier molecular flexibility index (Phi) is 3.80. The Morgan fingerprint density at radius 1 is 1.50 bits per heavy atom. The van der Waals surface area contributed by atoms with Gasteiger partial charge in [-0.05, 0) is 26.0 Å². The molecule has 0 saturated carbocycles. The van der Waals surface area contributed by atoms with Crippen LogP contribution in [0.3, 0.4) is 0 Å². The number of thiophene rings is 1. The van der Waals surface area contributed by atoms with Gasteiger partial charge in [-0.25, -0.2) is 8.42 Å². The number of hydrogen-bond acceptors (Lipinski definition) is 5. The molecule has 7 heteroatoms. The molecule has 1 aromatic heterocycles. The molecule has 1 fully saturated rings. The molecule has 1 aliphatic rings. The van der Waals surface area contributed by atoms with E-state index in [9.17, 15) is 8.42 Å². The molecule has 102 valence electrons. The highest BCUT2D eigenvalue weighted by atomic mass is 32.2. The van der Waals surface area contributed by atoms with Gasteiger partial charge in [-0.15, -0.1) is 11.3 Å². The highest BCUT2D eigenvalue weighted by molar-refractivity contribution is 7.91. The molecule has 0 amide bonds. The molecule has 2 heterocycles. The fourth-order valence-electron chi connectivity index (χ4n) is 1.91. The third-order valence-electron chi connectivity index (χ3n) is 2.82. The third-order valence-corrected chi connectivity index (χ3v) is 6.24. The van der Waals surface area contributed by atoms with E-state index in [2.05, 4.69) is 0 Å². The van der Waals surface area contributed by atoms with Crippen LogP contribution in [-0.4, -0.2) is 38.0 Å². The van der Waals surface area contributed by atoms with Crippen LogP contribution in [0.1, 0.15) is 18.7 Å². The van der Waals surface area contributed by atoms with Crippen molar-refractivity contribution in [3.05, 3.63) is 17.0 Å². The number of nitrogens with two attached hydrogens (primary N) is 1. The fraction of sp³-hybridized carbons (Fsp3) is 0.636. The first-order valence-corrected chi connectivity index (χ1v) is 8.04. The van der Waals surface area contributed by atoms with E-state index in [-0.39, 0.29) is 0 Å². The second-order valence-corrected chi connectivity index (χ2v) is 8.20. The number of sulfonamides is 1. The molecule has 0 bridgehead atoms. The summed E-state index contributed by atoms with van der Waals surface area (Å²) in [6, 6.07) is 3.40. The van der Waals surface area contributed by atoms with Crippen LogP contribution >= 0.6 is 11.3 Å². The summed E-state index contributed by atoms with van der Waals surface area (Å²) in [5, 5.41) is 0. The van der Waals surface area contributed by atoms with Gasteiger partial charge in [0.15, 0.2) is 0 Å². The standard InChI is InChI=1S/C11H18N2O3S2/c1-11(2)8-13(5-6-16-11)18(14,15)10-4-3-9(7-12)17-10/h3-4H,5-8,12H2,1-2H3. The smallest absolute Gasteiger partial charge is 0.252 e. The van der Waals surface area contributed by atoms with Gasteiger partial charge in [0.05, 0.1) is 12.2 Å². The molecule has 0 spiro atoms. The summed E-state index contributed by atoms with van der Waals surface area (Å²) >= 11 is 1.24. The highest BCUT2D eigenvalue weighted by Gasteiger charge is 2.35. The van der Waals surface area contributed by atoms with Crippen molar-refractivity contribution in [1.29, 1.82) is 0 Å². The van der Waals surface area contributed by atoms with Gasteiger partial charge in [-0.2, -0.15) is 4.31 Å². The van der Waals surface area contributed by atoms with Crippen LogP contribution in [0.4, 0.5) is 0 Å². The summed E-state index contributed by atoms with van der Waals surface area (Å²) in [4.78, 5) is 0.876. The van der Waals surface area contributed by atoms with Crippen molar-refractivity contribution in [3.63, 3.8) is 0 Å². The number of rotatable bonds is 3. The molecule has 0 atom stereocenters. The summed E-state index contributed by atoms with van der Waals surface area (Å²) in [5.41, 5.74) is 5.08. The number of morpholine rings is 1. The number of hydrogen-bond donors (Lipinski definition) is 1. The van der Waals surface area contributed by atoms with Crippen molar-refractivity contribution in [2.45, 2.75) is 30.2 Å². The Balaban J connectivity index is 2.25. The maximum Gasteiger partial charge on any atom is 0.252 e. The highest BCUT2D eigenvalue weighted by Crippen LogP contribution is 2.28. The largest absolute Gasteiger partial charge is 0.373 e. The molecule has 0 aliphatic carbocycles. The van der Waals surface area contributed by atoms with Crippen molar-refractivity contribution >= 4 is 21.4 Å². The van der Waals surface area contributed by atoms with Crippen molar-refractivity contribution in [1.82, 2.24) is 4.31 Å². The number of nitrogens with zero attached hydrogens (tertiary/aromatic N) is 1. The quantitative estimate of drug-likeness (QED) is 0.901. The predicted molar refractivity (Wildman–Crippen MR) is 71.0 cm³/mol. The van der Waals surface area contributed by atoms with Crippen LogP contribution in [0, 0.1) is 0 Å². The second kappa shape index (κ2) is 4.90. The normalized spacial score (nSPS) is 21.1. The Labute approximate surface area is 112 Å². The Bertz CT molecular complexity index is 522. The summed E-state index contributed by atoms with van der Waals surface area (Å²) in [5.74, 6) is 0. The molecule has 0 unspecified atom stereocenters. The summed E-state index contributed by atoms with van der Waals surface area (Å²) in [7, 11) is -3.41. The van der Waals surface area contributed by atoms with Crippen molar-refractivity contribution in [2.75, 3.05) is 19.7 Å². The van der Waals surface area contributed by atoms with Crippen LogP contribution in [-0.2, 0) is 21.3 Å². The first-order valence-electron chi connectivity index (χ1n) is 5.78. The van der Waals surface area contributed by atoms with E-state index in [1.54, 1.807) is 12.1 Å². The first-order chi connectivity index (χ1) is 8.35. The zero-order valence-corrected chi connectivity index (χ0v) is 12.2. The SMILES string of the molecule is CC1(C)CN(S(=O)(=O)c2ccc(CN)s2)CCO1.